The molecule has 0 aliphatic rings. The Kier molecular flexibility index (Phi) is 4.19. The molecule has 2 aromatic rings. The van der Waals surface area contributed by atoms with Crippen molar-refractivity contribution in [2.45, 2.75) is 11.8 Å². The van der Waals surface area contributed by atoms with Gasteiger partial charge in [0.25, 0.3) is 0 Å². The maximum Gasteiger partial charge on any atom is 0.142 e. The lowest BCUT2D eigenvalue weighted by atomic mass is 10.2. The van der Waals surface area contributed by atoms with Crippen LogP contribution in [-0.2, 0) is 0 Å². The Morgan fingerprint density at radius 2 is 1.89 bits per heavy atom. The molecule has 0 amide bonds. The van der Waals surface area contributed by atoms with Crippen LogP contribution in [0.3, 0.4) is 0 Å². The molecule has 2 rings (SSSR count). The second kappa shape index (κ2) is 5.67. The second-order valence-corrected chi connectivity index (χ2v) is 5.59. The van der Waals surface area contributed by atoms with Crippen LogP contribution >= 0.6 is 27.7 Å². The second-order valence-electron chi connectivity index (χ2n) is 3.89. The van der Waals surface area contributed by atoms with Crippen molar-refractivity contribution < 1.29 is 4.74 Å². The zero-order chi connectivity index (χ0) is 13.1. The van der Waals surface area contributed by atoms with Crippen LogP contribution in [-0.4, -0.2) is 6.26 Å². The molecule has 0 heterocycles. The van der Waals surface area contributed by atoms with Crippen molar-refractivity contribution in [3.05, 3.63) is 46.4 Å². The standard InChI is InChI=1S/C14H14BrNOS/c1-9-7-13(10(15)8-11(9)16)17-12-5-3-4-6-14(12)18-2/h3-8H,16H2,1-2H3. The molecule has 0 aromatic heterocycles. The van der Waals surface area contributed by atoms with E-state index in [4.69, 9.17) is 10.5 Å². The number of para-hydroxylation sites is 1. The first-order valence-electron chi connectivity index (χ1n) is 5.48. The first-order valence-corrected chi connectivity index (χ1v) is 7.50. The van der Waals surface area contributed by atoms with Crippen molar-refractivity contribution in [1.29, 1.82) is 0 Å². The molecule has 0 spiro atoms. The van der Waals surface area contributed by atoms with Gasteiger partial charge in [-0.3, -0.25) is 0 Å². The summed E-state index contributed by atoms with van der Waals surface area (Å²) in [7, 11) is 0. The van der Waals surface area contributed by atoms with E-state index in [0.717, 1.165) is 32.1 Å². The molecule has 0 radical (unpaired) electrons. The van der Waals surface area contributed by atoms with Gasteiger partial charge in [-0.1, -0.05) is 12.1 Å². The molecular weight excluding hydrogens is 310 g/mol. The van der Waals surface area contributed by atoms with Gasteiger partial charge in [0.1, 0.15) is 11.5 Å². The number of halogens is 1. The fourth-order valence-corrected chi connectivity index (χ4v) is 2.54. The van der Waals surface area contributed by atoms with Crippen molar-refractivity contribution in [1.82, 2.24) is 0 Å². The maximum absolute atomic E-state index is 5.94. The predicted molar refractivity (Wildman–Crippen MR) is 81.6 cm³/mol. The highest BCUT2D eigenvalue weighted by Gasteiger charge is 2.08. The Bertz CT molecular complexity index is 572. The number of rotatable bonds is 3. The molecule has 94 valence electrons. The lowest BCUT2D eigenvalue weighted by Gasteiger charge is -2.12. The maximum atomic E-state index is 5.94. The molecule has 2 aromatic carbocycles. The predicted octanol–water partition coefficient (Wildman–Crippen LogP) is 4.85. The van der Waals surface area contributed by atoms with Crippen molar-refractivity contribution in [3.8, 4) is 11.5 Å². The lowest BCUT2D eigenvalue weighted by molar-refractivity contribution is 0.468. The van der Waals surface area contributed by atoms with Crippen LogP contribution in [0.1, 0.15) is 5.56 Å². The third kappa shape index (κ3) is 2.82. The largest absolute Gasteiger partial charge is 0.455 e. The summed E-state index contributed by atoms with van der Waals surface area (Å²) in [6, 6.07) is 11.8. The van der Waals surface area contributed by atoms with Gasteiger partial charge >= 0.3 is 0 Å². The molecule has 2 N–H and O–H groups in total. The van der Waals surface area contributed by atoms with Crippen molar-refractivity contribution in [2.75, 3.05) is 12.0 Å². The molecule has 0 unspecified atom stereocenters. The number of anilines is 1. The quantitative estimate of drug-likeness (QED) is 0.647. The lowest BCUT2D eigenvalue weighted by Crippen LogP contribution is -1.93. The normalized spacial score (nSPS) is 10.4. The summed E-state index contributed by atoms with van der Waals surface area (Å²) in [5, 5.41) is 0. The van der Waals surface area contributed by atoms with Gasteiger partial charge in [0, 0.05) is 10.6 Å². The topological polar surface area (TPSA) is 35.2 Å². The first kappa shape index (κ1) is 13.3. The minimum Gasteiger partial charge on any atom is -0.455 e. The van der Waals surface area contributed by atoms with E-state index in [-0.39, 0.29) is 0 Å². The van der Waals surface area contributed by atoms with E-state index in [9.17, 15) is 0 Å². The SMILES string of the molecule is CSc1ccccc1Oc1cc(C)c(N)cc1Br. The number of thioether (sulfide) groups is 1. The van der Waals surface area contributed by atoms with E-state index < -0.39 is 0 Å². The van der Waals surface area contributed by atoms with E-state index >= 15 is 0 Å². The number of benzene rings is 2. The van der Waals surface area contributed by atoms with Crippen LogP contribution in [0.15, 0.2) is 45.8 Å². The fraction of sp³-hybridized carbons (Fsp3) is 0.143. The van der Waals surface area contributed by atoms with Gasteiger partial charge in [-0.25, -0.2) is 0 Å². The zero-order valence-corrected chi connectivity index (χ0v) is 12.6. The van der Waals surface area contributed by atoms with Crippen LogP contribution in [0.25, 0.3) is 0 Å². The Labute approximate surface area is 120 Å². The fourth-order valence-electron chi connectivity index (χ4n) is 1.57. The molecule has 2 nitrogen and oxygen atoms in total. The third-order valence-electron chi connectivity index (χ3n) is 2.61. The van der Waals surface area contributed by atoms with Crippen LogP contribution in [0, 0.1) is 6.92 Å². The van der Waals surface area contributed by atoms with E-state index in [1.807, 2.05) is 49.6 Å². The summed E-state index contributed by atoms with van der Waals surface area (Å²) in [5.41, 5.74) is 7.62. The van der Waals surface area contributed by atoms with Gasteiger partial charge in [0.2, 0.25) is 0 Å². The van der Waals surface area contributed by atoms with Gasteiger partial charge in [-0.15, -0.1) is 11.8 Å². The Balaban J connectivity index is 2.37. The number of aryl methyl sites for hydroxylation is 1. The highest BCUT2D eigenvalue weighted by Crippen LogP contribution is 2.36. The minimum atomic E-state index is 0.757. The highest BCUT2D eigenvalue weighted by molar-refractivity contribution is 9.10. The third-order valence-corrected chi connectivity index (χ3v) is 4.01. The van der Waals surface area contributed by atoms with Gasteiger partial charge < -0.3 is 10.5 Å². The van der Waals surface area contributed by atoms with Gasteiger partial charge in [0.15, 0.2) is 0 Å². The van der Waals surface area contributed by atoms with Crippen molar-refractivity contribution >= 4 is 33.4 Å². The summed E-state index contributed by atoms with van der Waals surface area (Å²) >= 11 is 5.14. The number of nitrogens with two attached hydrogens (primary N) is 1. The van der Waals surface area contributed by atoms with Gasteiger partial charge in [-0.2, -0.15) is 0 Å². The summed E-state index contributed by atoms with van der Waals surface area (Å²) < 4.78 is 6.81. The van der Waals surface area contributed by atoms with Crippen molar-refractivity contribution in [2.24, 2.45) is 0 Å². The molecule has 0 fully saturated rings. The molecule has 0 saturated heterocycles. The average molecular weight is 324 g/mol. The molecule has 4 heteroatoms. The van der Waals surface area contributed by atoms with E-state index in [2.05, 4.69) is 15.9 Å². The first-order chi connectivity index (χ1) is 8.61. The highest BCUT2D eigenvalue weighted by atomic mass is 79.9. The molecule has 0 aliphatic heterocycles. The number of nitrogen functional groups attached to an aromatic ring is 1. The number of hydrogen-bond donors (Lipinski definition) is 1. The van der Waals surface area contributed by atoms with E-state index in [1.165, 1.54) is 0 Å². The molecule has 0 saturated carbocycles. The number of hydrogen-bond acceptors (Lipinski definition) is 3. The summed E-state index contributed by atoms with van der Waals surface area (Å²) in [6.45, 7) is 1.97. The average Bonchev–Trinajstić information content (AvgIpc) is 2.36. The van der Waals surface area contributed by atoms with Crippen LogP contribution in [0.2, 0.25) is 0 Å². The molecular formula is C14H14BrNOS. The number of ether oxygens (including phenoxy) is 1. The molecule has 0 aliphatic carbocycles. The van der Waals surface area contributed by atoms with E-state index in [1.54, 1.807) is 11.8 Å². The van der Waals surface area contributed by atoms with Gasteiger partial charge in [0.05, 0.1) is 4.47 Å². The smallest absolute Gasteiger partial charge is 0.142 e. The van der Waals surface area contributed by atoms with Gasteiger partial charge in [-0.05, 0) is 58.9 Å². The van der Waals surface area contributed by atoms with Crippen molar-refractivity contribution in [3.63, 3.8) is 0 Å². The minimum absolute atomic E-state index is 0.757. The van der Waals surface area contributed by atoms with Crippen LogP contribution in [0.5, 0.6) is 11.5 Å². The molecule has 0 bridgehead atoms. The zero-order valence-electron chi connectivity index (χ0n) is 10.2. The Hall–Kier alpha value is -1.13. The van der Waals surface area contributed by atoms with Crippen LogP contribution in [0.4, 0.5) is 5.69 Å². The molecule has 0 atom stereocenters. The monoisotopic (exact) mass is 323 g/mol. The summed E-state index contributed by atoms with van der Waals surface area (Å²) in [6.07, 6.45) is 2.03. The Morgan fingerprint density at radius 1 is 1.17 bits per heavy atom. The van der Waals surface area contributed by atoms with Crippen LogP contribution < -0.4 is 10.5 Å². The summed E-state index contributed by atoms with van der Waals surface area (Å²) in [5.74, 6) is 1.64. The summed E-state index contributed by atoms with van der Waals surface area (Å²) in [4.78, 5) is 1.11. The Morgan fingerprint density at radius 3 is 2.61 bits per heavy atom. The van der Waals surface area contributed by atoms with E-state index in [0.29, 0.717) is 0 Å². The molecule has 18 heavy (non-hydrogen) atoms.